The van der Waals surface area contributed by atoms with E-state index >= 15 is 0 Å². The minimum absolute atomic E-state index is 0.0879. The highest BCUT2D eigenvalue weighted by Crippen LogP contribution is 2.47. The monoisotopic (exact) mass is 264 g/mol. The van der Waals surface area contributed by atoms with Crippen molar-refractivity contribution in [3.05, 3.63) is 0 Å². The van der Waals surface area contributed by atoms with E-state index in [-0.39, 0.29) is 11.8 Å². The van der Waals surface area contributed by atoms with Crippen LogP contribution < -0.4 is 5.32 Å². The third-order valence-corrected chi connectivity index (χ3v) is 5.30. The summed E-state index contributed by atoms with van der Waals surface area (Å²) in [6.45, 7) is 4.75. The van der Waals surface area contributed by atoms with Gasteiger partial charge in [-0.05, 0) is 44.9 Å². The molecule has 1 saturated heterocycles. The van der Waals surface area contributed by atoms with Gasteiger partial charge in [0.25, 0.3) is 0 Å². The molecule has 1 spiro atoms. The van der Waals surface area contributed by atoms with Gasteiger partial charge in [0, 0.05) is 6.54 Å². The van der Waals surface area contributed by atoms with Crippen LogP contribution in [0.15, 0.2) is 0 Å². The van der Waals surface area contributed by atoms with E-state index in [2.05, 4.69) is 12.2 Å². The van der Waals surface area contributed by atoms with E-state index in [1.807, 2.05) is 11.8 Å². The second-order valence-electron chi connectivity index (χ2n) is 6.62. The molecule has 0 bridgehead atoms. The lowest BCUT2D eigenvalue weighted by Gasteiger charge is -2.50. The van der Waals surface area contributed by atoms with E-state index in [0.717, 1.165) is 44.9 Å². The Bertz CT molecular complexity index is 410. The third-order valence-electron chi connectivity index (χ3n) is 5.30. The van der Waals surface area contributed by atoms with Gasteiger partial charge in [-0.15, -0.1) is 0 Å². The van der Waals surface area contributed by atoms with E-state index in [9.17, 15) is 9.59 Å². The smallest absolute Gasteiger partial charge is 0.249 e. The third kappa shape index (κ3) is 1.72. The molecule has 0 radical (unpaired) electrons. The number of carbonyl (C=O) groups excluding carboxylic acids is 2. The van der Waals surface area contributed by atoms with Gasteiger partial charge in [-0.2, -0.15) is 0 Å². The molecule has 3 aliphatic rings. The highest BCUT2D eigenvalue weighted by molar-refractivity contribution is 6.02. The molecule has 1 unspecified atom stereocenters. The molecule has 1 heterocycles. The predicted octanol–water partition coefficient (Wildman–Crippen LogP) is 1.84. The van der Waals surface area contributed by atoms with Gasteiger partial charge in [-0.3, -0.25) is 9.59 Å². The van der Waals surface area contributed by atoms with Crippen LogP contribution in [0.4, 0.5) is 0 Å². The Kier molecular flexibility index (Phi) is 2.88. The average Bonchev–Trinajstić information content (AvgIpc) is 3.14. The van der Waals surface area contributed by atoms with Gasteiger partial charge in [-0.25, -0.2) is 0 Å². The molecular weight excluding hydrogens is 240 g/mol. The number of nitrogens with zero attached hydrogens (tertiary/aromatic N) is 1. The molecule has 4 nitrogen and oxygen atoms in total. The van der Waals surface area contributed by atoms with Crippen molar-refractivity contribution >= 4 is 11.8 Å². The highest BCUT2D eigenvalue weighted by atomic mass is 16.2. The molecule has 3 fully saturated rings. The maximum atomic E-state index is 12.9. The van der Waals surface area contributed by atoms with Crippen molar-refractivity contribution in [2.45, 2.75) is 69.9 Å². The Balaban J connectivity index is 1.96. The van der Waals surface area contributed by atoms with E-state index in [1.54, 1.807) is 0 Å². The summed E-state index contributed by atoms with van der Waals surface area (Å²) >= 11 is 0. The van der Waals surface area contributed by atoms with E-state index < -0.39 is 11.1 Å². The minimum Gasteiger partial charge on any atom is -0.340 e. The van der Waals surface area contributed by atoms with Crippen molar-refractivity contribution in [2.24, 2.45) is 5.92 Å². The first-order valence-corrected chi connectivity index (χ1v) is 7.69. The lowest BCUT2D eigenvalue weighted by atomic mass is 9.82. The Morgan fingerprint density at radius 3 is 2.42 bits per heavy atom. The number of nitrogens with one attached hydrogen (secondary N) is 1. The summed E-state index contributed by atoms with van der Waals surface area (Å²) in [7, 11) is 0. The van der Waals surface area contributed by atoms with Crippen molar-refractivity contribution in [3.63, 3.8) is 0 Å². The number of hydrogen-bond donors (Lipinski definition) is 1. The number of hydrogen-bond acceptors (Lipinski definition) is 2. The molecule has 2 saturated carbocycles. The first kappa shape index (κ1) is 12.9. The van der Waals surface area contributed by atoms with Crippen LogP contribution in [-0.2, 0) is 9.59 Å². The predicted molar refractivity (Wildman–Crippen MR) is 72.5 cm³/mol. The molecule has 3 rings (SSSR count). The largest absolute Gasteiger partial charge is 0.340 e. The van der Waals surface area contributed by atoms with Crippen LogP contribution in [0.3, 0.4) is 0 Å². The second-order valence-corrected chi connectivity index (χ2v) is 6.62. The fourth-order valence-electron chi connectivity index (χ4n) is 3.92. The number of carbonyl (C=O) groups is 2. The molecule has 1 atom stereocenters. The number of amides is 2. The molecular formula is C15H24N2O2. The molecule has 0 aromatic heterocycles. The maximum absolute atomic E-state index is 12.9. The molecule has 1 N–H and O–H groups in total. The van der Waals surface area contributed by atoms with Crippen molar-refractivity contribution < 1.29 is 9.59 Å². The molecule has 2 aliphatic carbocycles. The van der Waals surface area contributed by atoms with Crippen LogP contribution in [0.25, 0.3) is 0 Å². The molecule has 1 aliphatic heterocycles. The van der Waals surface area contributed by atoms with Crippen LogP contribution in [0.5, 0.6) is 0 Å². The molecule has 106 valence electrons. The molecule has 0 aromatic rings. The summed E-state index contributed by atoms with van der Waals surface area (Å²) in [5, 5.41) is 3.11. The summed E-state index contributed by atoms with van der Waals surface area (Å²) in [5.41, 5.74) is -1.17. The second kappa shape index (κ2) is 4.22. The van der Waals surface area contributed by atoms with Gasteiger partial charge in [0.1, 0.15) is 11.1 Å². The van der Waals surface area contributed by atoms with Crippen LogP contribution in [0, 0.1) is 5.92 Å². The standard InChI is InChI=1S/C15H24N2O2/c1-3-10-17-13(19)15(8-4-5-9-15)16-12(18)14(17,2)11-6-7-11/h11H,3-10H2,1-2H3,(H,16,18). The quantitative estimate of drug-likeness (QED) is 0.845. The number of rotatable bonds is 3. The van der Waals surface area contributed by atoms with Gasteiger partial charge < -0.3 is 10.2 Å². The SMILES string of the molecule is CCCN1C(=O)C2(CCCC2)NC(=O)C1(C)C1CC1. The molecule has 4 heteroatoms. The zero-order chi connectivity index (χ0) is 13.7. The van der Waals surface area contributed by atoms with Crippen molar-refractivity contribution in [2.75, 3.05) is 6.54 Å². The van der Waals surface area contributed by atoms with E-state index in [1.165, 1.54) is 0 Å². The van der Waals surface area contributed by atoms with Gasteiger partial charge in [-0.1, -0.05) is 19.8 Å². The van der Waals surface area contributed by atoms with E-state index in [4.69, 9.17) is 0 Å². The number of piperazine rings is 1. The first-order valence-electron chi connectivity index (χ1n) is 7.69. The Morgan fingerprint density at radius 1 is 1.26 bits per heavy atom. The van der Waals surface area contributed by atoms with Gasteiger partial charge >= 0.3 is 0 Å². The van der Waals surface area contributed by atoms with Gasteiger partial charge in [0.15, 0.2) is 0 Å². The Labute approximate surface area is 114 Å². The van der Waals surface area contributed by atoms with Crippen LogP contribution in [-0.4, -0.2) is 34.3 Å². The van der Waals surface area contributed by atoms with Gasteiger partial charge in [0.2, 0.25) is 11.8 Å². The Morgan fingerprint density at radius 2 is 1.89 bits per heavy atom. The summed E-state index contributed by atoms with van der Waals surface area (Å²) in [5.74, 6) is 0.632. The fraction of sp³-hybridized carbons (Fsp3) is 0.867. The molecule has 0 aromatic carbocycles. The van der Waals surface area contributed by atoms with Crippen molar-refractivity contribution in [3.8, 4) is 0 Å². The zero-order valence-corrected chi connectivity index (χ0v) is 12.0. The zero-order valence-electron chi connectivity index (χ0n) is 12.0. The summed E-state index contributed by atoms with van der Waals surface area (Å²) < 4.78 is 0. The Hall–Kier alpha value is -1.06. The molecule has 2 amide bonds. The van der Waals surface area contributed by atoms with Gasteiger partial charge in [0.05, 0.1) is 0 Å². The summed E-state index contributed by atoms with van der Waals surface area (Å²) in [6, 6.07) is 0. The van der Waals surface area contributed by atoms with Crippen molar-refractivity contribution in [1.29, 1.82) is 0 Å². The van der Waals surface area contributed by atoms with Crippen LogP contribution in [0.2, 0.25) is 0 Å². The van der Waals surface area contributed by atoms with Crippen molar-refractivity contribution in [1.82, 2.24) is 10.2 Å². The summed E-state index contributed by atoms with van der Waals surface area (Å²) in [4.78, 5) is 27.5. The fourth-order valence-corrected chi connectivity index (χ4v) is 3.92. The summed E-state index contributed by atoms with van der Waals surface area (Å²) in [6.07, 6.45) is 6.79. The highest BCUT2D eigenvalue weighted by Gasteiger charge is 2.61. The normalized spacial score (nSPS) is 33.9. The average molecular weight is 264 g/mol. The first-order chi connectivity index (χ1) is 9.04. The maximum Gasteiger partial charge on any atom is 0.249 e. The lowest BCUT2D eigenvalue weighted by Crippen LogP contribution is -2.75. The lowest BCUT2D eigenvalue weighted by molar-refractivity contribution is -0.163. The topological polar surface area (TPSA) is 49.4 Å². The van der Waals surface area contributed by atoms with Crippen LogP contribution in [0.1, 0.15) is 58.8 Å². The van der Waals surface area contributed by atoms with Crippen LogP contribution >= 0.6 is 0 Å². The molecule has 19 heavy (non-hydrogen) atoms. The minimum atomic E-state index is -0.596. The van der Waals surface area contributed by atoms with E-state index in [0.29, 0.717) is 12.5 Å².